The molecule has 0 bridgehead atoms. The van der Waals surface area contributed by atoms with Crippen molar-refractivity contribution in [3.63, 3.8) is 0 Å². The van der Waals surface area contributed by atoms with E-state index in [4.69, 9.17) is 16.7 Å². The molecule has 0 aliphatic heterocycles. The summed E-state index contributed by atoms with van der Waals surface area (Å²) in [5.41, 5.74) is 0. The van der Waals surface area contributed by atoms with Crippen LogP contribution in [-0.4, -0.2) is 34.7 Å². The Morgan fingerprint density at radius 2 is 1.78 bits per heavy atom. The molecular weight excluding hydrogens is 147 g/mol. The van der Waals surface area contributed by atoms with Crippen LogP contribution >= 0.6 is 11.6 Å². The molecule has 0 unspecified atom stereocenters. The summed E-state index contributed by atoms with van der Waals surface area (Å²) in [6.07, 6.45) is 0. The summed E-state index contributed by atoms with van der Waals surface area (Å²) < 4.78 is 0. The van der Waals surface area contributed by atoms with Gasteiger partial charge in [0.2, 0.25) is 0 Å². The third-order valence-corrected chi connectivity index (χ3v) is 1.17. The fourth-order valence-corrected chi connectivity index (χ4v) is 0.587. The van der Waals surface area contributed by atoms with Crippen molar-refractivity contribution in [2.75, 3.05) is 0 Å². The van der Waals surface area contributed by atoms with Gasteiger partial charge in [0.15, 0.2) is 0 Å². The van der Waals surface area contributed by atoms with Crippen LogP contribution in [0.5, 0.6) is 5.75 Å². The first-order valence-corrected chi connectivity index (χ1v) is 2.62. The van der Waals surface area contributed by atoms with Crippen molar-refractivity contribution < 1.29 is 5.11 Å². The first kappa shape index (κ1) is 9.31. The van der Waals surface area contributed by atoms with Gasteiger partial charge in [0.05, 0.1) is 5.02 Å². The van der Waals surface area contributed by atoms with E-state index in [1.165, 1.54) is 0 Å². The van der Waals surface area contributed by atoms with Gasteiger partial charge in [-0.3, -0.25) is 0 Å². The normalized spacial score (nSPS) is 8.11. The molecule has 0 fully saturated rings. The van der Waals surface area contributed by atoms with E-state index in [-0.39, 0.29) is 35.3 Å². The molecule has 0 heterocycles. The largest absolute Gasteiger partial charge is 0.506 e. The average molecular weight is 152 g/mol. The molecule has 0 saturated heterocycles. The van der Waals surface area contributed by atoms with E-state index in [0.717, 1.165) is 0 Å². The predicted octanol–water partition coefficient (Wildman–Crippen LogP) is 1.66. The fourth-order valence-electron chi connectivity index (χ4n) is 0.452. The second kappa shape index (κ2) is 4.18. The summed E-state index contributed by atoms with van der Waals surface area (Å²) in [4.78, 5) is 0. The van der Waals surface area contributed by atoms with Crippen LogP contribution in [0.3, 0.4) is 0 Å². The second-order valence-electron chi connectivity index (χ2n) is 1.45. The van der Waals surface area contributed by atoms with Gasteiger partial charge >= 0.3 is 0 Å². The van der Waals surface area contributed by atoms with Crippen LogP contribution in [0.2, 0.25) is 5.02 Å². The quantitative estimate of drug-likeness (QED) is 0.560. The smallest absolute Gasteiger partial charge is 0.134 e. The SMILES string of the molecule is Oc1ccccc1Cl.[Na]. The standard InChI is InChI=1S/C6H5ClO.Na/c7-5-3-1-2-4-6(5)8;/h1-4,8H;. The predicted molar refractivity (Wildman–Crippen MR) is 38.9 cm³/mol. The minimum Gasteiger partial charge on any atom is -0.506 e. The van der Waals surface area contributed by atoms with Gasteiger partial charge in [-0.15, -0.1) is 0 Å². The van der Waals surface area contributed by atoms with Crippen LogP contribution in [0.25, 0.3) is 0 Å². The van der Waals surface area contributed by atoms with E-state index in [2.05, 4.69) is 0 Å². The molecule has 1 aromatic carbocycles. The third-order valence-electron chi connectivity index (χ3n) is 0.852. The van der Waals surface area contributed by atoms with Crippen molar-refractivity contribution in [2.24, 2.45) is 0 Å². The van der Waals surface area contributed by atoms with Gasteiger partial charge < -0.3 is 5.11 Å². The number of halogens is 1. The number of aromatic hydroxyl groups is 1. The van der Waals surface area contributed by atoms with Crippen molar-refractivity contribution in [3.05, 3.63) is 29.3 Å². The molecule has 0 spiro atoms. The fraction of sp³-hybridized carbons (Fsp3) is 0. The molecule has 1 aromatic rings. The molecule has 9 heavy (non-hydrogen) atoms. The summed E-state index contributed by atoms with van der Waals surface area (Å²) >= 11 is 5.46. The van der Waals surface area contributed by atoms with E-state index in [1.54, 1.807) is 24.3 Å². The van der Waals surface area contributed by atoms with Crippen LogP contribution in [0.1, 0.15) is 0 Å². The third kappa shape index (κ3) is 2.59. The Bertz CT molecular complexity index is 169. The zero-order valence-corrected chi connectivity index (χ0v) is 7.89. The summed E-state index contributed by atoms with van der Waals surface area (Å²) in [7, 11) is 0. The molecular formula is C6H5ClNaO. The Hall–Kier alpha value is 0.310. The van der Waals surface area contributed by atoms with Crippen LogP contribution in [0, 0.1) is 0 Å². The average Bonchev–Trinajstić information content (AvgIpc) is 1.77. The molecule has 0 aromatic heterocycles. The molecule has 43 valence electrons. The first-order chi connectivity index (χ1) is 3.80. The molecule has 1 rings (SSSR count). The van der Waals surface area contributed by atoms with E-state index in [1.807, 2.05) is 0 Å². The van der Waals surface area contributed by atoms with Crippen molar-refractivity contribution >= 4 is 41.2 Å². The van der Waals surface area contributed by atoms with Crippen molar-refractivity contribution in [2.45, 2.75) is 0 Å². The first-order valence-electron chi connectivity index (χ1n) is 2.24. The molecule has 1 N–H and O–H groups in total. The van der Waals surface area contributed by atoms with Crippen LogP contribution in [0.4, 0.5) is 0 Å². The van der Waals surface area contributed by atoms with Gasteiger partial charge in [-0.2, -0.15) is 0 Å². The Morgan fingerprint density at radius 3 is 2.11 bits per heavy atom. The summed E-state index contributed by atoms with van der Waals surface area (Å²) in [5, 5.41) is 9.18. The van der Waals surface area contributed by atoms with Crippen molar-refractivity contribution in [1.82, 2.24) is 0 Å². The Kier molecular flexibility index (Phi) is 4.32. The minimum atomic E-state index is 0. The van der Waals surface area contributed by atoms with E-state index >= 15 is 0 Å². The maximum Gasteiger partial charge on any atom is 0.134 e. The van der Waals surface area contributed by atoms with Crippen molar-refractivity contribution in [1.29, 1.82) is 0 Å². The Labute approximate surface area is 80.9 Å². The molecule has 0 atom stereocenters. The number of rotatable bonds is 0. The van der Waals surface area contributed by atoms with E-state index < -0.39 is 0 Å². The molecule has 1 nitrogen and oxygen atoms in total. The number of phenolic OH excluding ortho intramolecular Hbond substituents is 1. The molecule has 0 aliphatic rings. The maximum absolute atomic E-state index is 8.79. The van der Waals surface area contributed by atoms with Crippen LogP contribution in [-0.2, 0) is 0 Å². The Balaban J connectivity index is 0.000000640. The van der Waals surface area contributed by atoms with Gasteiger partial charge in [-0.1, -0.05) is 23.7 Å². The zero-order valence-electron chi connectivity index (χ0n) is 5.13. The van der Waals surface area contributed by atoms with Gasteiger partial charge in [0, 0.05) is 29.6 Å². The van der Waals surface area contributed by atoms with Gasteiger partial charge in [0.1, 0.15) is 5.75 Å². The molecule has 3 heteroatoms. The summed E-state index contributed by atoms with van der Waals surface area (Å²) in [6, 6.07) is 6.67. The number of para-hydroxylation sites is 1. The second-order valence-corrected chi connectivity index (χ2v) is 1.86. The van der Waals surface area contributed by atoms with E-state index in [9.17, 15) is 0 Å². The maximum atomic E-state index is 8.79. The monoisotopic (exact) mass is 151 g/mol. The Morgan fingerprint density at radius 1 is 1.22 bits per heavy atom. The summed E-state index contributed by atoms with van der Waals surface area (Å²) in [6.45, 7) is 0. The molecule has 0 saturated carbocycles. The van der Waals surface area contributed by atoms with Crippen LogP contribution < -0.4 is 0 Å². The van der Waals surface area contributed by atoms with E-state index in [0.29, 0.717) is 5.02 Å². The minimum absolute atomic E-state index is 0. The number of phenols is 1. The number of hydrogen-bond donors (Lipinski definition) is 1. The van der Waals surface area contributed by atoms with Gasteiger partial charge in [-0.25, -0.2) is 0 Å². The molecule has 0 aliphatic carbocycles. The van der Waals surface area contributed by atoms with Gasteiger partial charge in [-0.05, 0) is 12.1 Å². The molecule has 0 amide bonds. The van der Waals surface area contributed by atoms with Gasteiger partial charge in [0.25, 0.3) is 0 Å². The number of hydrogen-bond acceptors (Lipinski definition) is 1. The summed E-state index contributed by atoms with van der Waals surface area (Å²) in [5.74, 6) is 0.133. The zero-order chi connectivity index (χ0) is 5.98. The van der Waals surface area contributed by atoms with Crippen LogP contribution in [0.15, 0.2) is 24.3 Å². The topological polar surface area (TPSA) is 20.2 Å². The molecule has 1 radical (unpaired) electrons. The number of benzene rings is 1. The van der Waals surface area contributed by atoms with Crippen molar-refractivity contribution in [3.8, 4) is 5.75 Å².